The van der Waals surface area contributed by atoms with E-state index in [2.05, 4.69) is 24.9 Å². The normalized spacial score (nSPS) is 34.7. The van der Waals surface area contributed by atoms with Gasteiger partial charge < -0.3 is 0 Å². The van der Waals surface area contributed by atoms with E-state index in [1.54, 1.807) is 23.7 Å². The molecule has 0 aromatic carbocycles. The highest BCUT2D eigenvalue weighted by molar-refractivity contribution is 7.09. The van der Waals surface area contributed by atoms with E-state index in [1.165, 1.54) is 11.4 Å². The van der Waals surface area contributed by atoms with Crippen molar-refractivity contribution in [1.29, 1.82) is 0 Å². The highest BCUT2D eigenvalue weighted by Crippen LogP contribution is 2.62. The number of ketones is 3. The number of nitrogens with zero attached hydrogens (tertiary/aromatic N) is 5. The van der Waals surface area contributed by atoms with Gasteiger partial charge in [0.1, 0.15) is 29.0 Å². The predicted molar refractivity (Wildman–Crippen MR) is 162 cm³/mol. The first-order chi connectivity index (χ1) is 20.7. The van der Waals surface area contributed by atoms with Crippen molar-refractivity contribution < 1.29 is 14.4 Å². The Balaban J connectivity index is 0.000000105. The SMILES string of the molecule is Cc1cnc(C23CCC(=O)CC2C3)nc1.O=C1CCC2(c3ncc(Cl)cn3)CC2C1.O=C1CCC2(c3nccs3)CC2C1. The molecule has 0 N–H and O–H groups in total. The molecule has 6 atom stereocenters. The topological polar surface area (TPSA) is 116 Å². The Bertz CT molecular complexity index is 1470. The van der Waals surface area contributed by atoms with Gasteiger partial charge in [0.25, 0.3) is 0 Å². The maximum Gasteiger partial charge on any atom is 0.134 e. The molecule has 224 valence electrons. The van der Waals surface area contributed by atoms with Crippen LogP contribution in [0.3, 0.4) is 0 Å². The molecule has 43 heavy (non-hydrogen) atoms. The number of hydrogen-bond donors (Lipinski definition) is 0. The molecule has 3 aromatic rings. The highest BCUT2D eigenvalue weighted by Gasteiger charge is 2.61. The van der Waals surface area contributed by atoms with Gasteiger partial charge in [-0.1, -0.05) is 11.6 Å². The van der Waals surface area contributed by atoms with Crippen molar-refractivity contribution in [2.45, 2.75) is 100 Å². The molecule has 10 heteroatoms. The summed E-state index contributed by atoms with van der Waals surface area (Å²) in [6.07, 6.45) is 19.7. The summed E-state index contributed by atoms with van der Waals surface area (Å²) in [7, 11) is 0. The van der Waals surface area contributed by atoms with Crippen molar-refractivity contribution in [3.05, 3.63) is 63.6 Å². The molecular formula is C33H36ClN5O3S. The fraction of sp³-hybridized carbons (Fsp3) is 0.576. The third kappa shape index (κ3) is 5.48. The van der Waals surface area contributed by atoms with Gasteiger partial charge in [-0.05, 0) is 68.8 Å². The summed E-state index contributed by atoms with van der Waals surface area (Å²) in [5, 5.41) is 3.87. The number of hydrogen-bond acceptors (Lipinski definition) is 9. The third-order valence-electron chi connectivity index (χ3n) is 10.8. The largest absolute Gasteiger partial charge is 0.300 e. The van der Waals surface area contributed by atoms with E-state index in [9.17, 15) is 14.4 Å². The van der Waals surface area contributed by atoms with E-state index in [-0.39, 0.29) is 10.8 Å². The Morgan fingerprint density at radius 1 is 0.674 bits per heavy atom. The van der Waals surface area contributed by atoms with Crippen molar-refractivity contribution in [1.82, 2.24) is 24.9 Å². The molecule has 0 bridgehead atoms. The zero-order valence-corrected chi connectivity index (χ0v) is 26.0. The maximum absolute atomic E-state index is 11.3. The van der Waals surface area contributed by atoms with E-state index in [0.717, 1.165) is 68.6 Å². The van der Waals surface area contributed by atoms with Crippen molar-refractivity contribution in [2.75, 3.05) is 0 Å². The predicted octanol–water partition coefficient (Wildman–Crippen LogP) is 6.09. The average Bonchev–Trinajstić information content (AvgIpc) is 3.95. The molecule has 0 amide bonds. The summed E-state index contributed by atoms with van der Waals surface area (Å²) in [5.41, 5.74) is 1.71. The van der Waals surface area contributed by atoms with Gasteiger partial charge in [-0.25, -0.2) is 24.9 Å². The Morgan fingerprint density at radius 3 is 1.56 bits per heavy atom. The van der Waals surface area contributed by atoms with Crippen LogP contribution in [0.5, 0.6) is 0 Å². The quantitative estimate of drug-likeness (QED) is 0.347. The van der Waals surface area contributed by atoms with Crippen LogP contribution in [-0.4, -0.2) is 42.3 Å². The molecule has 6 aliphatic rings. The van der Waals surface area contributed by atoms with E-state index in [1.807, 2.05) is 30.9 Å². The van der Waals surface area contributed by atoms with Crippen molar-refractivity contribution >= 4 is 40.3 Å². The molecule has 0 spiro atoms. The minimum atomic E-state index is 0.110. The minimum Gasteiger partial charge on any atom is -0.300 e. The number of aromatic nitrogens is 5. The maximum atomic E-state index is 11.3. The lowest BCUT2D eigenvalue weighted by Crippen LogP contribution is -2.22. The molecule has 6 fully saturated rings. The van der Waals surface area contributed by atoms with Crippen LogP contribution in [0.2, 0.25) is 5.02 Å². The second kappa shape index (κ2) is 10.9. The number of halogens is 1. The van der Waals surface area contributed by atoms with Crippen molar-refractivity contribution in [3.63, 3.8) is 0 Å². The monoisotopic (exact) mass is 617 g/mol. The second-order valence-electron chi connectivity index (χ2n) is 13.5. The van der Waals surface area contributed by atoms with Gasteiger partial charge in [0.05, 0.1) is 10.0 Å². The van der Waals surface area contributed by atoms with Gasteiger partial charge in [0.15, 0.2) is 0 Å². The molecule has 3 aromatic heterocycles. The summed E-state index contributed by atoms with van der Waals surface area (Å²) in [6, 6.07) is 0. The minimum absolute atomic E-state index is 0.110. The molecule has 0 aliphatic heterocycles. The zero-order valence-electron chi connectivity index (χ0n) is 24.4. The Kier molecular flexibility index (Phi) is 7.32. The van der Waals surface area contributed by atoms with E-state index in [0.29, 0.717) is 64.8 Å². The number of rotatable bonds is 3. The fourth-order valence-corrected chi connectivity index (χ4v) is 8.97. The Labute approximate surface area is 260 Å². The summed E-state index contributed by atoms with van der Waals surface area (Å²) in [4.78, 5) is 55.5. The first-order valence-corrected chi connectivity index (χ1v) is 16.7. The zero-order chi connectivity index (χ0) is 29.8. The van der Waals surface area contributed by atoms with Crippen LogP contribution in [0.1, 0.15) is 99.3 Å². The molecule has 0 radical (unpaired) electrons. The average molecular weight is 618 g/mol. The lowest BCUT2D eigenvalue weighted by molar-refractivity contribution is -0.121. The lowest BCUT2D eigenvalue weighted by atomic mass is 9.87. The summed E-state index contributed by atoms with van der Waals surface area (Å²) in [5.74, 6) is 4.74. The molecular weight excluding hydrogens is 582 g/mol. The van der Waals surface area contributed by atoms with Crippen LogP contribution >= 0.6 is 22.9 Å². The van der Waals surface area contributed by atoms with E-state index in [4.69, 9.17) is 11.6 Å². The van der Waals surface area contributed by atoms with Crippen LogP contribution in [0, 0.1) is 24.7 Å². The molecule has 9 rings (SSSR count). The molecule has 6 saturated carbocycles. The standard InChI is InChI=1S/C12H14N2O.C11H11ClN2O.C10H11NOS/c1-8-6-13-11(14-7-8)12-3-2-10(15)4-9(12)5-12;12-8-5-13-10(14-6-8)11-2-1-9(15)3-7(11)4-11;12-8-1-2-10(6-7(10)5-8)9-11-3-4-13-9/h6-7,9H,2-5H2,1H3;5-7H,1-4H2;3-4,7H,1-2,5-6H2. The van der Waals surface area contributed by atoms with Gasteiger partial charge in [0.2, 0.25) is 0 Å². The van der Waals surface area contributed by atoms with Crippen LogP contribution in [0.25, 0.3) is 0 Å². The summed E-state index contributed by atoms with van der Waals surface area (Å²) < 4.78 is 0. The third-order valence-corrected chi connectivity index (χ3v) is 12.0. The van der Waals surface area contributed by atoms with Gasteiger partial charge in [-0.2, -0.15) is 0 Å². The number of aryl methyl sites for hydroxylation is 1. The molecule has 3 heterocycles. The van der Waals surface area contributed by atoms with Crippen LogP contribution in [0.4, 0.5) is 0 Å². The Morgan fingerprint density at radius 2 is 1.12 bits per heavy atom. The van der Waals surface area contributed by atoms with E-state index >= 15 is 0 Å². The van der Waals surface area contributed by atoms with Crippen LogP contribution < -0.4 is 0 Å². The number of Topliss-reactive ketones (excluding diaryl/α,β-unsaturated/α-hetero) is 3. The van der Waals surface area contributed by atoms with Gasteiger partial charge in [-0.3, -0.25) is 14.4 Å². The molecule has 6 aliphatic carbocycles. The first kappa shape index (κ1) is 28.8. The molecule has 0 saturated heterocycles. The highest BCUT2D eigenvalue weighted by atomic mass is 35.5. The smallest absolute Gasteiger partial charge is 0.134 e. The van der Waals surface area contributed by atoms with Crippen molar-refractivity contribution in [2.24, 2.45) is 17.8 Å². The fourth-order valence-electron chi connectivity index (χ4n) is 7.91. The Hall–Kier alpha value is -2.91. The van der Waals surface area contributed by atoms with Crippen LogP contribution in [0.15, 0.2) is 36.4 Å². The van der Waals surface area contributed by atoms with Crippen molar-refractivity contribution in [3.8, 4) is 0 Å². The number of carbonyl (C=O) groups excluding carboxylic acids is 3. The van der Waals surface area contributed by atoms with Crippen LogP contribution in [-0.2, 0) is 30.6 Å². The first-order valence-electron chi connectivity index (χ1n) is 15.4. The second-order valence-corrected chi connectivity index (χ2v) is 14.9. The van der Waals surface area contributed by atoms with Gasteiger partial charge in [-0.15, -0.1) is 11.3 Å². The lowest BCUT2D eigenvalue weighted by Gasteiger charge is -2.19. The van der Waals surface area contributed by atoms with E-state index < -0.39 is 0 Å². The number of thiazole rings is 1. The summed E-state index contributed by atoms with van der Waals surface area (Å²) in [6.45, 7) is 2.00. The number of fused-ring (bicyclic) bond motifs is 3. The molecule has 6 unspecified atom stereocenters. The molecule has 8 nitrogen and oxygen atoms in total. The van der Waals surface area contributed by atoms with Gasteiger partial charge in [0, 0.05) is 91.1 Å². The summed E-state index contributed by atoms with van der Waals surface area (Å²) >= 11 is 7.50. The number of carbonyl (C=O) groups is 3. The van der Waals surface area contributed by atoms with Gasteiger partial charge >= 0.3 is 0 Å².